The maximum absolute atomic E-state index is 12.4. The van der Waals surface area contributed by atoms with Crippen molar-refractivity contribution >= 4 is 5.97 Å². The maximum Gasteiger partial charge on any atom is 0.329 e. The Morgan fingerprint density at radius 2 is 2.17 bits per heavy atom. The normalized spacial score (nSPS) is 29.9. The topological polar surface area (TPSA) is 47.6 Å². The lowest BCUT2D eigenvalue weighted by molar-refractivity contribution is -0.161. The second kappa shape index (κ2) is 7.10. The minimum absolute atomic E-state index is 0.0840. The number of ether oxygens (including phenoxy) is 2. The molecule has 1 saturated carbocycles. The van der Waals surface area contributed by atoms with Crippen LogP contribution in [0.15, 0.2) is 0 Å². The molecule has 0 aromatic heterocycles. The van der Waals surface area contributed by atoms with Crippen LogP contribution < -0.4 is 5.32 Å². The Hall–Kier alpha value is -0.610. The van der Waals surface area contributed by atoms with Gasteiger partial charge in [0.05, 0.1) is 12.7 Å². The molecule has 0 bridgehead atoms. The van der Waals surface area contributed by atoms with Crippen LogP contribution in [0.4, 0.5) is 0 Å². The molecule has 0 aliphatic heterocycles. The first-order valence-electron chi connectivity index (χ1n) is 7.08. The Kier molecular flexibility index (Phi) is 6.09. The van der Waals surface area contributed by atoms with Crippen LogP contribution in [0.2, 0.25) is 0 Å². The van der Waals surface area contributed by atoms with E-state index >= 15 is 0 Å². The van der Waals surface area contributed by atoms with Gasteiger partial charge in [-0.25, -0.2) is 4.79 Å². The summed E-state index contributed by atoms with van der Waals surface area (Å²) in [6.45, 7) is 6.47. The van der Waals surface area contributed by atoms with E-state index in [1.54, 1.807) is 7.11 Å². The fourth-order valence-corrected chi connectivity index (χ4v) is 2.72. The largest absolute Gasteiger partial charge is 0.465 e. The van der Waals surface area contributed by atoms with Crippen LogP contribution in [0.1, 0.15) is 52.9 Å². The van der Waals surface area contributed by atoms with Crippen LogP contribution >= 0.6 is 0 Å². The Morgan fingerprint density at radius 3 is 2.72 bits per heavy atom. The van der Waals surface area contributed by atoms with Gasteiger partial charge in [-0.2, -0.15) is 0 Å². The Labute approximate surface area is 110 Å². The number of carbonyl (C=O) groups is 1. The Morgan fingerprint density at radius 1 is 1.44 bits per heavy atom. The summed E-state index contributed by atoms with van der Waals surface area (Å²) in [5, 5.41) is 3.47. The molecule has 0 aromatic carbocycles. The van der Waals surface area contributed by atoms with Crippen LogP contribution in [0.25, 0.3) is 0 Å². The molecular weight excluding hydrogens is 230 g/mol. The fraction of sp³-hybridized carbons (Fsp3) is 0.929. The summed E-state index contributed by atoms with van der Waals surface area (Å²) in [5.41, 5.74) is -0.654. The van der Waals surface area contributed by atoms with Crippen LogP contribution in [0.5, 0.6) is 0 Å². The molecule has 0 aromatic rings. The molecule has 0 saturated heterocycles. The SMILES string of the molecule is CCOC(=O)C1(NC(C)CC)CCCCC1OC. The van der Waals surface area contributed by atoms with Gasteiger partial charge in [0.1, 0.15) is 5.54 Å². The molecule has 0 amide bonds. The predicted octanol–water partition coefficient (Wildman–Crippen LogP) is 2.27. The molecule has 3 unspecified atom stereocenters. The van der Waals surface area contributed by atoms with Crippen molar-refractivity contribution < 1.29 is 14.3 Å². The zero-order valence-electron chi connectivity index (χ0n) is 12.1. The van der Waals surface area contributed by atoms with E-state index in [-0.39, 0.29) is 18.1 Å². The first-order valence-corrected chi connectivity index (χ1v) is 7.08. The van der Waals surface area contributed by atoms with E-state index < -0.39 is 5.54 Å². The zero-order chi connectivity index (χ0) is 13.6. The van der Waals surface area contributed by atoms with Gasteiger partial charge in [0.25, 0.3) is 0 Å². The van der Waals surface area contributed by atoms with Gasteiger partial charge in [-0.3, -0.25) is 5.32 Å². The minimum Gasteiger partial charge on any atom is -0.465 e. The first-order chi connectivity index (χ1) is 8.60. The maximum atomic E-state index is 12.4. The molecule has 1 N–H and O–H groups in total. The number of esters is 1. The molecule has 4 nitrogen and oxygen atoms in total. The molecular formula is C14H27NO3. The monoisotopic (exact) mass is 257 g/mol. The summed E-state index contributed by atoms with van der Waals surface area (Å²) >= 11 is 0. The molecule has 0 spiro atoms. The summed E-state index contributed by atoms with van der Waals surface area (Å²) in [6, 6.07) is 0.283. The molecule has 0 radical (unpaired) electrons. The van der Waals surface area contributed by atoms with Crippen molar-refractivity contribution in [3.63, 3.8) is 0 Å². The van der Waals surface area contributed by atoms with Gasteiger partial charge < -0.3 is 9.47 Å². The number of methoxy groups -OCH3 is 1. The van der Waals surface area contributed by atoms with Gasteiger partial charge in [0.2, 0.25) is 0 Å². The Bertz CT molecular complexity index is 270. The zero-order valence-corrected chi connectivity index (χ0v) is 12.1. The fourth-order valence-electron chi connectivity index (χ4n) is 2.72. The van der Waals surface area contributed by atoms with E-state index in [1.165, 1.54) is 0 Å². The molecule has 1 aliphatic rings. The van der Waals surface area contributed by atoms with Gasteiger partial charge in [-0.15, -0.1) is 0 Å². The van der Waals surface area contributed by atoms with Gasteiger partial charge >= 0.3 is 5.97 Å². The highest BCUT2D eigenvalue weighted by atomic mass is 16.5. The van der Waals surface area contributed by atoms with Crippen LogP contribution in [0, 0.1) is 0 Å². The molecule has 1 rings (SSSR count). The molecule has 1 fully saturated rings. The highest BCUT2D eigenvalue weighted by molar-refractivity contribution is 5.82. The van der Waals surface area contributed by atoms with E-state index in [0.29, 0.717) is 6.61 Å². The number of nitrogens with one attached hydrogen (secondary N) is 1. The second-order valence-electron chi connectivity index (χ2n) is 5.12. The van der Waals surface area contributed by atoms with E-state index in [1.807, 2.05) is 6.92 Å². The highest BCUT2D eigenvalue weighted by Crippen LogP contribution is 2.32. The summed E-state index contributed by atoms with van der Waals surface area (Å²) < 4.78 is 10.8. The molecule has 0 heterocycles. The van der Waals surface area contributed by atoms with Crippen molar-refractivity contribution in [3.05, 3.63) is 0 Å². The molecule has 18 heavy (non-hydrogen) atoms. The smallest absolute Gasteiger partial charge is 0.329 e. The molecule has 4 heteroatoms. The van der Waals surface area contributed by atoms with E-state index in [4.69, 9.17) is 9.47 Å². The summed E-state index contributed by atoms with van der Waals surface area (Å²) in [5.74, 6) is -0.156. The highest BCUT2D eigenvalue weighted by Gasteiger charge is 2.49. The second-order valence-corrected chi connectivity index (χ2v) is 5.12. The van der Waals surface area contributed by atoms with Crippen molar-refractivity contribution in [2.24, 2.45) is 0 Å². The lowest BCUT2D eigenvalue weighted by Crippen LogP contribution is -2.64. The lowest BCUT2D eigenvalue weighted by Gasteiger charge is -2.43. The summed E-state index contributed by atoms with van der Waals surface area (Å²) in [6.07, 6.45) is 4.77. The average Bonchev–Trinajstić information content (AvgIpc) is 2.39. The van der Waals surface area contributed by atoms with Gasteiger partial charge in [0.15, 0.2) is 0 Å². The van der Waals surface area contributed by atoms with Gasteiger partial charge in [-0.05, 0) is 33.1 Å². The number of hydrogen-bond acceptors (Lipinski definition) is 4. The number of carbonyl (C=O) groups excluding carboxylic acids is 1. The minimum atomic E-state index is -0.654. The molecule has 3 atom stereocenters. The number of hydrogen-bond donors (Lipinski definition) is 1. The molecule has 106 valence electrons. The van der Waals surface area contributed by atoms with Crippen molar-refractivity contribution in [2.45, 2.75) is 70.6 Å². The quantitative estimate of drug-likeness (QED) is 0.742. The van der Waals surface area contributed by atoms with Crippen LogP contribution in [-0.2, 0) is 14.3 Å². The number of rotatable bonds is 6. The first kappa shape index (κ1) is 15.4. The lowest BCUT2D eigenvalue weighted by atomic mass is 9.78. The Balaban J connectivity index is 2.93. The third kappa shape index (κ3) is 3.23. The summed E-state index contributed by atoms with van der Waals surface area (Å²) in [7, 11) is 1.68. The van der Waals surface area contributed by atoms with E-state index in [9.17, 15) is 4.79 Å². The third-order valence-corrected chi connectivity index (χ3v) is 3.88. The van der Waals surface area contributed by atoms with Crippen LogP contribution in [0.3, 0.4) is 0 Å². The average molecular weight is 257 g/mol. The van der Waals surface area contributed by atoms with Crippen molar-refractivity contribution in [1.82, 2.24) is 5.32 Å². The van der Waals surface area contributed by atoms with Crippen molar-refractivity contribution in [3.8, 4) is 0 Å². The van der Waals surface area contributed by atoms with Crippen molar-refractivity contribution in [1.29, 1.82) is 0 Å². The van der Waals surface area contributed by atoms with E-state index in [0.717, 1.165) is 32.1 Å². The predicted molar refractivity (Wildman–Crippen MR) is 71.5 cm³/mol. The van der Waals surface area contributed by atoms with Gasteiger partial charge in [0, 0.05) is 13.2 Å². The summed E-state index contributed by atoms with van der Waals surface area (Å²) in [4.78, 5) is 12.4. The molecule has 1 aliphatic carbocycles. The van der Waals surface area contributed by atoms with Gasteiger partial charge in [-0.1, -0.05) is 19.8 Å². The van der Waals surface area contributed by atoms with Crippen LogP contribution in [-0.4, -0.2) is 37.4 Å². The van der Waals surface area contributed by atoms with E-state index in [2.05, 4.69) is 19.2 Å². The third-order valence-electron chi connectivity index (χ3n) is 3.88. The standard InChI is InChI=1S/C14H27NO3/c1-5-11(3)15-14(13(16)18-6-2)10-8-7-9-12(14)17-4/h11-12,15H,5-10H2,1-4H3. The van der Waals surface area contributed by atoms with Crippen molar-refractivity contribution in [2.75, 3.05) is 13.7 Å².